The summed E-state index contributed by atoms with van der Waals surface area (Å²) in [6.45, 7) is 14.7. The maximum atomic E-state index is 2.61. The maximum Gasteiger partial charge on any atom is 0.101 e. The van der Waals surface area contributed by atoms with Crippen LogP contribution in [0.1, 0.15) is 68.4 Å². The first kappa shape index (κ1) is 35.5. The van der Waals surface area contributed by atoms with Crippen molar-refractivity contribution in [3.8, 4) is 11.1 Å². The average molecular weight is 787 g/mol. The molecule has 6 aromatic carbocycles. The van der Waals surface area contributed by atoms with Crippen molar-refractivity contribution in [3.05, 3.63) is 197 Å². The molecule has 58 heavy (non-hydrogen) atoms. The Kier molecular flexibility index (Phi) is 7.90. The van der Waals surface area contributed by atoms with Crippen molar-refractivity contribution in [3.63, 3.8) is 0 Å². The Morgan fingerprint density at radius 2 is 1.12 bits per heavy atom. The van der Waals surface area contributed by atoms with E-state index in [1.54, 1.807) is 5.56 Å². The lowest BCUT2D eigenvalue weighted by atomic mass is 9.69. The van der Waals surface area contributed by atoms with Gasteiger partial charge in [-0.2, -0.15) is 0 Å². The molecule has 284 valence electrons. The molecular formula is C54H46N2S2. The SMILES string of the molecule is CC1=CC(N(c2ccccc2)c2cc3ccccc3s2)=CC2C1c1ccc3c(c1C2(C)C)C(C)(C)c1cc(N(c2ccccc2)c2cc4ccccc4s2)cc(C)c1-3. The van der Waals surface area contributed by atoms with E-state index >= 15 is 0 Å². The van der Waals surface area contributed by atoms with Gasteiger partial charge in [-0.15, -0.1) is 22.7 Å². The van der Waals surface area contributed by atoms with Gasteiger partial charge in [-0.05, 0) is 142 Å². The summed E-state index contributed by atoms with van der Waals surface area (Å²) in [5.41, 5.74) is 16.1. The third kappa shape index (κ3) is 5.21. The number of nitrogens with zero attached hydrogens (tertiary/aromatic N) is 2. The monoisotopic (exact) mass is 786 g/mol. The van der Waals surface area contributed by atoms with E-state index in [0.717, 1.165) is 0 Å². The van der Waals surface area contributed by atoms with E-state index in [2.05, 4.69) is 209 Å². The van der Waals surface area contributed by atoms with Crippen LogP contribution >= 0.6 is 22.7 Å². The third-order valence-electron chi connectivity index (χ3n) is 13.3. The summed E-state index contributed by atoms with van der Waals surface area (Å²) in [6.07, 6.45) is 5.09. The molecule has 0 amide bonds. The molecule has 0 spiro atoms. The summed E-state index contributed by atoms with van der Waals surface area (Å²) in [5, 5.41) is 5.05. The molecule has 2 heterocycles. The van der Waals surface area contributed by atoms with Gasteiger partial charge < -0.3 is 9.80 Å². The van der Waals surface area contributed by atoms with Crippen LogP contribution in [-0.4, -0.2) is 0 Å². The normalized spacial score (nSPS) is 18.3. The van der Waals surface area contributed by atoms with Crippen molar-refractivity contribution in [1.82, 2.24) is 0 Å². The van der Waals surface area contributed by atoms with E-state index in [-0.39, 0.29) is 10.8 Å². The number of allylic oxidation sites excluding steroid dienone is 3. The Hall–Kier alpha value is -5.68. The average Bonchev–Trinajstić information content (AvgIpc) is 3.95. The second-order valence-electron chi connectivity index (χ2n) is 17.6. The highest BCUT2D eigenvalue weighted by Gasteiger charge is 2.52. The molecule has 2 nitrogen and oxygen atoms in total. The van der Waals surface area contributed by atoms with Gasteiger partial charge in [0.1, 0.15) is 10.0 Å². The zero-order chi connectivity index (χ0) is 39.5. The number of hydrogen-bond acceptors (Lipinski definition) is 4. The molecule has 3 aliphatic rings. The molecule has 0 fully saturated rings. The van der Waals surface area contributed by atoms with Crippen molar-refractivity contribution in [1.29, 1.82) is 0 Å². The molecule has 8 aromatic rings. The molecule has 0 saturated carbocycles. The van der Waals surface area contributed by atoms with Crippen LogP contribution in [0.3, 0.4) is 0 Å². The van der Waals surface area contributed by atoms with Crippen LogP contribution in [0.2, 0.25) is 0 Å². The van der Waals surface area contributed by atoms with Crippen LogP contribution in [0.15, 0.2) is 169 Å². The molecule has 11 rings (SSSR count). The molecule has 4 heteroatoms. The summed E-state index contributed by atoms with van der Waals surface area (Å²) < 4.78 is 2.62. The van der Waals surface area contributed by atoms with E-state index in [4.69, 9.17) is 0 Å². The minimum absolute atomic E-state index is 0.0994. The number of hydrogen-bond donors (Lipinski definition) is 0. The summed E-state index contributed by atoms with van der Waals surface area (Å²) in [4.78, 5) is 4.96. The van der Waals surface area contributed by atoms with E-state index in [0.29, 0.717) is 11.8 Å². The number of anilines is 5. The van der Waals surface area contributed by atoms with E-state index in [1.165, 1.54) is 91.9 Å². The fourth-order valence-electron chi connectivity index (χ4n) is 10.7. The Labute approximate surface area is 350 Å². The highest BCUT2D eigenvalue weighted by Crippen LogP contribution is 2.63. The third-order valence-corrected chi connectivity index (χ3v) is 15.5. The van der Waals surface area contributed by atoms with Crippen molar-refractivity contribution in [2.24, 2.45) is 5.92 Å². The topological polar surface area (TPSA) is 6.48 Å². The lowest BCUT2D eigenvalue weighted by Crippen LogP contribution is -2.31. The summed E-state index contributed by atoms with van der Waals surface area (Å²) in [7, 11) is 0. The fraction of sp³-hybridized carbons (Fsp3) is 0.185. The minimum atomic E-state index is -0.193. The second kappa shape index (κ2) is 12.9. The lowest BCUT2D eigenvalue weighted by Gasteiger charge is -2.37. The van der Waals surface area contributed by atoms with Crippen LogP contribution in [0, 0.1) is 12.8 Å². The van der Waals surface area contributed by atoms with Gasteiger partial charge in [0.25, 0.3) is 0 Å². The zero-order valence-corrected chi connectivity index (χ0v) is 35.5. The number of rotatable bonds is 6. The number of aryl methyl sites for hydroxylation is 1. The first-order valence-corrected chi connectivity index (χ1v) is 22.1. The maximum absolute atomic E-state index is 2.61. The van der Waals surface area contributed by atoms with Gasteiger partial charge in [0.2, 0.25) is 0 Å². The summed E-state index contributed by atoms with van der Waals surface area (Å²) in [6, 6.07) is 53.9. The molecule has 0 radical (unpaired) electrons. The number of fused-ring (bicyclic) bond motifs is 9. The van der Waals surface area contributed by atoms with Crippen molar-refractivity contribution in [2.75, 3.05) is 9.80 Å². The molecule has 3 aliphatic carbocycles. The molecule has 0 aliphatic heterocycles. The summed E-state index contributed by atoms with van der Waals surface area (Å²) in [5.74, 6) is 0.643. The molecule has 2 aromatic heterocycles. The van der Waals surface area contributed by atoms with Gasteiger partial charge in [-0.1, -0.05) is 124 Å². The van der Waals surface area contributed by atoms with Crippen molar-refractivity contribution < 1.29 is 0 Å². The Morgan fingerprint density at radius 1 is 0.552 bits per heavy atom. The second-order valence-corrected chi connectivity index (χ2v) is 19.7. The van der Waals surface area contributed by atoms with Gasteiger partial charge in [0.05, 0.1) is 0 Å². The molecule has 0 N–H and O–H groups in total. The number of para-hydroxylation sites is 2. The lowest BCUT2D eigenvalue weighted by molar-refractivity contribution is 0.380. The molecule has 0 bridgehead atoms. The van der Waals surface area contributed by atoms with Gasteiger partial charge in [-0.3, -0.25) is 0 Å². The highest BCUT2D eigenvalue weighted by atomic mass is 32.1. The van der Waals surface area contributed by atoms with Gasteiger partial charge in [0, 0.05) is 43.5 Å². The summed E-state index contributed by atoms with van der Waals surface area (Å²) >= 11 is 3.73. The van der Waals surface area contributed by atoms with Crippen LogP contribution < -0.4 is 9.80 Å². The molecular weight excluding hydrogens is 741 g/mol. The Bertz CT molecular complexity index is 2930. The van der Waals surface area contributed by atoms with Gasteiger partial charge >= 0.3 is 0 Å². The Morgan fingerprint density at radius 3 is 1.74 bits per heavy atom. The molecule has 0 saturated heterocycles. The highest BCUT2D eigenvalue weighted by molar-refractivity contribution is 7.23. The largest absolute Gasteiger partial charge is 0.302 e. The van der Waals surface area contributed by atoms with Crippen LogP contribution in [0.5, 0.6) is 0 Å². The van der Waals surface area contributed by atoms with Crippen molar-refractivity contribution >= 4 is 69.9 Å². The Balaban J connectivity index is 1.04. The first-order chi connectivity index (χ1) is 28.1. The quantitative estimate of drug-likeness (QED) is 0.166. The zero-order valence-electron chi connectivity index (χ0n) is 33.9. The number of benzene rings is 6. The van der Waals surface area contributed by atoms with Gasteiger partial charge in [0.15, 0.2) is 0 Å². The first-order valence-electron chi connectivity index (χ1n) is 20.5. The smallest absolute Gasteiger partial charge is 0.101 e. The predicted molar refractivity (Wildman–Crippen MR) is 250 cm³/mol. The van der Waals surface area contributed by atoms with Crippen LogP contribution in [0.4, 0.5) is 27.1 Å². The minimum Gasteiger partial charge on any atom is -0.302 e. The van der Waals surface area contributed by atoms with Crippen LogP contribution in [0.25, 0.3) is 31.3 Å². The van der Waals surface area contributed by atoms with E-state index in [9.17, 15) is 0 Å². The van der Waals surface area contributed by atoms with Crippen molar-refractivity contribution in [2.45, 2.75) is 58.3 Å². The molecule has 2 atom stereocenters. The van der Waals surface area contributed by atoms with E-state index < -0.39 is 0 Å². The predicted octanol–water partition coefficient (Wildman–Crippen LogP) is 15.9. The van der Waals surface area contributed by atoms with E-state index in [1.807, 2.05) is 22.7 Å². The van der Waals surface area contributed by atoms with Gasteiger partial charge in [-0.25, -0.2) is 0 Å². The standard InChI is InChI=1S/C54H46N2S2/c1-33-27-39(55(37-19-9-7-10-20-37)47-29-35-17-13-15-23-45(35)57-47)31-43-49(33)41-25-26-42-50-34(2)28-40(32-44(50)54(5,6)52(42)51(41)53(43,3)4)56(38-21-11-8-12-22-38)48-30-36-18-14-16-24-46(36)58-48/h7-32,43,49H,1-6H3. The fourth-order valence-corrected chi connectivity index (χ4v) is 12.9. The van der Waals surface area contributed by atoms with Crippen LogP contribution in [-0.2, 0) is 10.8 Å². The number of thiophene rings is 2. The molecule has 2 unspecified atom stereocenters.